The average molecular weight is 367 g/mol. The summed E-state index contributed by atoms with van der Waals surface area (Å²) in [5, 5.41) is 19.0. The molecule has 0 spiro atoms. The maximum Gasteiger partial charge on any atom is 0.303 e. The molecule has 2 fully saturated rings. The quantitative estimate of drug-likeness (QED) is 0.610. The zero-order chi connectivity index (χ0) is 18.0. The highest BCUT2D eigenvalue weighted by molar-refractivity contribution is 7.89. The van der Waals surface area contributed by atoms with Crippen LogP contribution in [0.2, 0.25) is 0 Å². The molecule has 138 valence electrons. The Morgan fingerprint density at radius 1 is 1.16 bits per heavy atom. The molecule has 2 aliphatic carbocycles. The Labute approximate surface area is 148 Å². The van der Waals surface area contributed by atoms with Crippen LogP contribution in [0.25, 0.3) is 0 Å². The zero-order valence-corrected chi connectivity index (χ0v) is 14.9. The van der Waals surface area contributed by atoms with E-state index in [9.17, 15) is 18.3 Å². The van der Waals surface area contributed by atoms with Crippen molar-refractivity contribution in [3.05, 3.63) is 30.3 Å². The number of carbonyl (C=O) groups is 1. The van der Waals surface area contributed by atoms with Crippen molar-refractivity contribution in [1.82, 2.24) is 4.72 Å². The molecule has 0 aromatic heterocycles. The molecule has 0 radical (unpaired) electrons. The van der Waals surface area contributed by atoms with Gasteiger partial charge in [-0.1, -0.05) is 24.6 Å². The predicted molar refractivity (Wildman–Crippen MR) is 92.4 cm³/mol. The summed E-state index contributed by atoms with van der Waals surface area (Å²) in [6, 6.07) is 8.00. The van der Waals surface area contributed by atoms with Crippen molar-refractivity contribution in [3.63, 3.8) is 0 Å². The van der Waals surface area contributed by atoms with Gasteiger partial charge in [0.1, 0.15) is 0 Å². The second-order valence-corrected chi connectivity index (χ2v) is 8.94. The van der Waals surface area contributed by atoms with Gasteiger partial charge in [-0.05, 0) is 49.7 Å². The number of unbranched alkanes of at least 4 members (excludes halogenated alkanes) is 1. The fourth-order valence-corrected chi connectivity index (χ4v) is 5.89. The Bertz CT molecular complexity index is 705. The third-order valence-corrected chi connectivity index (χ3v) is 7.14. The van der Waals surface area contributed by atoms with Crippen LogP contribution in [0, 0.1) is 17.8 Å². The molecule has 5 atom stereocenters. The first kappa shape index (κ1) is 18.4. The van der Waals surface area contributed by atoms with Crippen LogP contribution in [0.15, 0.2) is 35.2 Å². The lowest BCUT2D eigenvalue weighted by molar-refractivity contribution is -0.137. The number of sulfonamides is 1. The fraction of sp³-hybridized carbons (Fsp3) is 0.611. The maximum atomic E-state index is 12.7. The van der Waals surface area contributed by atoms with E-state index in [1.165, 1.54) is 0 Å². The molecule has 25 heavy (non-hydrogen) atoms. The van der Waals surface area contributed by atoms with Crippen LogP contribution in [0.3, 0.4) is 0 Å². The van der Waals surface area contributed by atoms with E-state index in [0.29, 0.717) is 12.3 Å². The van der Waals surface area contributed by atoms with Gasteiger partial charge in [-0.2, -0.15) is 0 Å². The third kappa shape index (κ3) is 4.04. The molecular formula is C18H25NO5S. The van der Waals surface area contributed by atoms with E-state index in [1.807, 2.05) is 0 Å². The summed E-state index contributed by atoms with van der Waals surface area (Å²) in [6.07, 6.45) is 3.41. The minimum absolute atomic E-state index is 0.0482. The van der Waals surface area contributed by atoms with Crippen LogP contribution < -0.4 is 4.72 Å². The molecule has 3 rings (SSSR count). The standard InChI is InChI=1S/C18H25NO5S/c20-16-11-12-10-15(16)18(14(12)8-4-5-9-17(21)22)19-25(23,24)13-6-2-1-3-7-13/h1-3,6-7,12,14-16,18-20H,4-5,8-11H2,(H,21,22)/t12-,14-,15+,16+,18+/m0/s1. The number of nitrogens with one attached hydrogen (secondary N) is 1. The molecule has 0 aliphatic heterocycles. The van der Waals surface area contributed by atoms with Crippen LogP contribution in [0.4, 0.5) is 0 Å². The van der Waals surface area contributed by atoms with E-state index in [1.54, 1.807) is 30.3 Å². The monoisotopic (exact) mass is 367 g/mol. The van der Waals surface area contributed by atoms with Crippen LogP contribution in [0.5, 0.6) is 0 Å². The summed E-state index contributed by atoms with van der Waals surface area (Å²) < 4.78 is 28.2. The minimum Gasteiger partial charge on any atom is -0.481 e. The lowest BCUT2D eigenvalue weighted by atomic mass is 9.80. The summed E-state index contributed by atoms with van der Waals surface area (Å²) >= 11 is 0. The van der Waals surface area contributed by atoms with Gasteiger partial charge in [0, 0.05) is 18.4 Å². The molecule has 2 saturated carbocycles. The molecule has 0 heterocycles. The van der Waals surface area contributed by atoms with Crippen molar-refractivity contribution in [2.75, 3.05) is 0 Å². The molecule has 3 N–H and O–H groups in total. The van der Waals surface area contributed by atoms with E-state index < -0.39 is 22.1 Å². The van der Waals surface area contributed by atoms with Gasteiger partial charge < -0.3 is 10.2 Å². The number of carboxylic acid groups (broad SMARTS) is 1. The Kier molecular flexibility index (Phi) is 5.46. The van der Waals surface area contributed by atoms with Gasteiger partial charge in [0.15, 0.2) is 0 Å². The second kappa shape index (κ2) is 7.43. The van der Waals surface area contributed by atoms with Gasteiger partial charge in [0.25, 0.3) is 0 Å². The minimum atomic E-state index is -3.62. The van der Waals surface area contributed by atoms with Crippen molar-refractivity contribution in [1.29, 1.82) is 0 Å². The van der Waals surface area contributed by atoms with Crippen molar-refractivity contribution in [2.24, 2.45) is 17.8 Å². The molecule has 6 nitrogen and oxygen atoms in total. The number of benzene rings is 1. The smallest absolute Gasteiger partial charge is 0.303 e. The predicted octanol–water partition coefficient (Wildman–Crippen LogP) is 2.00. The highest BCUT2D eigenvalue weighted by Gasteiger charge is 2.52. The van der Waals surface area contributed by atoms with Gasteiger partial charge in [-0.3, -0.25) is 4.79 Å². The van der Waals surface area contributed by atoms with Crippen molar-refractivity contribution in [2.45, 2.75) is 55.6 Å². The molecule has 0 saturated heterocycles. The highest BCUT2D eigenvalue weighted by Crippen LogP contribution is 2.50. The molecule has 0 unspecified atom stereocenters. The fourth-order valence-electron chi connectivity index (χ4n) is 4.53. The van der Waals surface area contributed by atoms with Crippen molar-refractivity contribution in [3.8, 4) is 0 Å². The Hall–Kier alpha value is -1.44. The molecule has 0 amide bonds. The highest BCUT2D eigenvalue weighted by atomic mass is 32.2. The average Bonchev–Trinajstić information content (AvgIpc) is 3.09. The molecule has 1 aromatic carbocycles. The lowest BCUT2D eigenvalue weighted by Gasteiger charge is -2.34. The van der Waals surface area contributed by atoms with Crippen molar-refractivity contribution < 1.29 is 23.4 Å². The number of hydrogen-bond acceptors (Lipinski definition) is 4. The van der Waals surface area contributed by atoms with Crippen LogP contribution in [-0.2, 0) is 14.8 Å². The lowest BCUT2D eigenvalue weighted by Crippen LogP contribution is -2.47. The summed E-state index contributed by atoms with van der Waals surface area (Å²) in [4.78, 5) is 10.9. The molecule has 7 heteroatoms. The normalized spacial score (nSPS) is 31.3. The maximum absolute atomic E-state index is 12.7. The molecule has 2 bridgehead atoms. The summed E-state index contributed by atoms with van der Waals surface area (Å²) in [7, 11) is -3.62. The van der Waals surface area contributed by atoms with Gasteiger partial charge in [0.05, 0.1) is 11.0 Å². The first-order valence-corrected chi connectivity index (χ1v) is 10.3. The first-order valence-electron chi connectivity index (χ1n) is 8.85. The van der Waals surface area contributed by atoms with E-state index in [-0.39, 0.29) is 29.2 Å². The van der Waals surface area contributed by atoms with Crippen molar-refractivity contribution >= 4 is 16.0 Å². The molecular weight excluding hydrogens is 342 g/mol. The SMILES string of the molecule is O=C(O)CCCC[C@H]1[C@H]2C[C@@H]([C@@H]1NS(=O)(=O)c1ccccc1)[C@H](O)C2. The summed E-state index contributed by atoms with van der Waals surface area (Å²) in [5.74, 6) is -0.369. The molecule has 2 aliphatic rings. The van der Waals surface area contributed by atoms with Crippen LogP contribution >= 0.6 is 0 Å². The van der Waals surface area contributed by atoms with Gasteiger partial charge >= 0.3 is 5.97 Å². The first-order chi connectivity index (χ1) is 11.9. The van der Waals surface area contributed by atoms with Crippen LogP contribution in [0.1, 0.15) is 38.5 Å². The topological polar surface area (TPSA) is 104 Å². The number of fused-ring (bicyclic) bond motifs is 2. The Morgan fingerprint density at radius 3 is 2.56 bits per heavy atom. The Balaban J connectivity index is 1.69. The van der Waals surface area contributed by atoms with Gasteiger partial charge in [0.2, 0.25) is 10.0 Å². The Morgan fingerprint density at radius 2 is 1.88 bits per heavy atom. The largest absolute Gasteiger partial charge is 0.481 e. The number of hydrogen-bond donors (Lipinski definition) is 3. The van der Waals surface area contributed by atoms with Gasteiger partial charge in [-0.25, -0.2) is 13.1 Å². The summed E-state index contributed by atoms with van der Waals surface area (Å²) in [6.45, 7) is 0. The van der Waals surface area contributed by atoms with E-state index >= 15 is 0 Å². The third-order valence-electron chi connectivity index (χ3n) is 5.66. The zero-order valence-electron chi connectivity index (χ0n) is 14.0. The van der Waals surface area contributed by atoms with E-state index in [4.69, 9.17) is 5.11 Å². The number of carboxylic acids is 1. The summed E-state index contributed by atoms with van der Waals surface area (Å²) in [5.41, 5.74) is 0. The van der Waals surface area contributed by atoms with E-state index in [2.05, 4.69) is 4.72 Å². The van der Waals surface area contributed by atoms with Gasteiger partial charge in [-0.15, -0.1) is 0 Å². The number of aliphatic hydroxyl groups excluding tert-OH is 1. The number of rotatable bonds is 8. The number of aliphatic hydroxyl groups is 1. The van der Waals surface area contributed by atoms with E-state index in [0.717, 1.165) is 25.7 Å². The molecule has 1 aromatic rings. The van der Waals surface area contributed by atoms with Crippen LogP contribution in [-0.4, -0.2) is 36.7 Å². The number of aliphatic carboxylic acids is 1. The second-order valence-electron chi connectivity index (χ2n) is 7.23.